The number of alkyl halides is 2. The second kappa shape index (κ2) is 10.6. The van der Waals surface area contributed by atoms with E-state index < -0.39 is 17.5 Å². The fourth-order valence-corrected chi connectivity index (χ4v) is 7.39. The van der Waals surface area contributed by atoms with Crippen molar-refractivity contribution >= 4 is 35.1 Å². The van der Waals surface area contributed by atoms with Crippen LogP contribution in [-0.4, -0.2) is 28.8 Å². The molecule has 2 aliphatic carbocycles. The molecule has 204 valence electrons. The predicted octanol–water partition coefficient (Wildman–Crippen LogP) is 6.98. The molecule has 5 rings (SSSR count). The lowest BCUT2D eigenvalue weighted by molar-refractivity contribution is -0.132. The Bertz CT molecular complexity index is 1250. The van der Waals surface area contributed by atoms with Gasteiger partial charge in [0, 0.05) is 33.6 Å². The van der Waals surface area contributed by atoms with Gasteiger partial charge in [-0.25, -0.2) is 0 Å². The largest absolute Gasteiger partial charge is 0.507 e. The lowest BCUT2D eigenvalue weighted by Crippen LogP contribution is -2.57. The Morgan fingerprint density at radius 3 is 2.08 bits per heavy atom. The number of hydrogen-bond acceptors (Lipinski definition) is 6. The Morgan fingerprint density at radius 1 is 0.868 bits per heavy atom. The van der Waals surface area contributed by atoms with Crippen molar-refractivity contribution < 1.29 is 28.9 Å². The molecule has 6 nitrogen and oxygen atoms in total. The van der Waals surface area contributed by atoms with E-state index in [1.54, 1.807) is 13.0 Å². The smallest absolute Gasteiger partial charge is 0.326 e. The van der Waals surface area contributed by atoms with Gasteiger partial charge in [-0.1, -0.05) is 31.7 Å². The molecule has 38 heavy (non-hydrogen) atoms. The first kappa shape index (κ1) is 27.1. The van der Waals surface area contributed by atoms with Crippen molar-refractivity contribution in [1.82, 2.24) is 0 Å². The van der Waals surface area contributed by atoms with Crippen LogP contribution >= 0.6 is 23.2 Å². The number of carbonyl (C=O) groups is 2. The molecule has 2 atom stereocenters. The predicted molar refractivity (Wildman–Crippen MR) is 146 cm³/mol. The first-order valence-corrected chi connectivity index (χ1v) is 14.5. The molecule has 2 saturated carbocycles. The molecule has 1 aliphatic heterocycles. The van der Waals surface area contributed by atoms with Crippen LogP contribution in [0, 0.1) is 19.8 Å². The van der Waals surface area contributed by atoms with E-state index in [1.165, 1.54) is 12.0 Å². The Labute approximate surface area is 233 Å². The number of hydrogen-bond donors (Lipinski definition) is 1. The van der Waals surface area contributed by atoms with Gasteiger partial charge in [0.1, 0.15) is 40.4 Å². The number of phenolic OH excluding ortho intramolecular Hbond substituents is 1. The minimum absolute atomic E-state index is 0.0774. The fraction of sp³-hybridized carbons (Fsp3) is 0.533. The first-order valence-electron chi connectivity index (χ1n) is 13.5. The number of aromatic hydroxyl groups is 1. The van der Waals surface area contributed by atoms with E-state index in [4.69, 9.17) is 37.4 Å². The van der Waals surface area contributed by atoms with Gasteiger partial charge >= 0.3 is 11.9 Å². The molecule has 0 saturated heterocycles. The molecule has 0 bridgehead atoms. The zero-order valence-corrected chi connectivity index (χ0v) is 23.4. The van der Waals surface area contributed by atoms with E-state index >= 15 is 0 Å². The van der Waals surface area contributed by atoms with Crippen LogP contribution in [0.1, 0.15) is 80.0 Å². The highest BCUT2D eigenvalue weighted by Crippen LogP contribution is 2.65. The monoisotopic (exact) mass is 560 g/mol. The number of rotatable bonds is 5. The highest BCUT2D eigenvalue weighted by molar-refractivity contribution is 6.26. The molecular weight excluding hydrogens is 527 g/mol. The van der Waals surface area contributed by atoms with Gasteiger partial charge in [0.15, 0.2) is 0 Å². The van der Waals surface area contributed by atoms with Crippen LogP contribution < -0.4 is 14.2 Å². The molecule has 0 amide bonds. The van der Waals surface area contributed by atoms with E-state index in [0.717, 1.165) is 62.7 Å². The van der Waals surface area contributed by atoms with Crippen LogP contribution in [-0.2, 0) is 20.6 Å². The Balaban J connectivity index is 1.70. The van der Waals surface area contributed by atoms with Crippen LogP contribution in [0.15, 0.2) is 24.3 Å². The zero-order chi connectivity index (χ0) is 27.1. The molecule has 1 spiro atoms. The van der Waals surface area contributed by atoms with Crippen molar-refractivity contribution in [3.63, 3.8) is 0 Å². The third kappa shape index (κ3) is 4.34. The maximum atomic E-state index is 12.0. The van der Waals surface area contributed by atoms with E-state index in [9.17, 15) is 14.7 Å². The molecule has 1 N–H and O–H groups in total. The van der Waals surface area contributed by atoms with Gasteiger partial charge in [0.05, 0.1) is 0 Å². The van der Waals surface area contributed by atoms with Crippen molar-refractivity contribution in [1.29, 1.82) is 0 Å². The fourth-order valence-electron chi connectivity index (χ4n) is 7.28. The maximum absolute atomic E-state index is 12.0. The standard InChI is InChI=1S/C30H34Cl2O6/c1-18-22(36-25(33)16-31)11-9-20(27(18)35)30-15-7-4-8-24(30)29(13-5-3-6-14-29)21-10-12-23(37-26(34)17-32)19(2)28(21)38-30/h9-12,24,35H,3-8,13-17H2,1-2H3/t24-,30+/m0/s1. The number of halogens is 2. The van der Waals surface area contributed by atoms with Crippen LogP contribution in [0.5, 0.6) is 23.0 Å². The third-order valence-corrected chi connectivity index (χ3v) is 9.38. The normalized spacial score (nSPS) is 23.6. The van der Waals surface area contributed by atoms with E-state index in [2.05, 4.69) is 6.07 Å². The van der Waals surface area contributed by atoms with E-state index in [-0.39, 0.29) is 34.6 Å². The summed E-state index contributed by atoms with van der Waals surface area (Å²) in [5.74, 6) is 0.104. The van der Waals surface area contributed by atoms with E-state index in [0.29, 0.717) is 16.9 Å². The Morgan fingerprint density at radius 2 is 1.45 bits per heavy atom. The summed E-state index contributed by atoms with van der Waals surface area (Å²) in [7, 11) is 0. The maximum Gasteiger partial charge on any atom is 0.326 e. The average molecular weight is 562 g/mol. The van der Waals surface area contributed by atoms with Crippen molar-refractivity contribution in [2.45, 2.75) is 82.7 Å². The molecule has 1 heterocycles. The number of fused-ring (bicyclic) bond motifs is 4. The Kier molecular flexibility index (Phi) is 7.58. The highest BCUT2D eigenvalue weighted by atomic mass is 35.5. The van der Waals surface area contributed by atoms with Gasteiger partial charge in [0.2, 0.25) is 0 Å². The van der Waals surface area contributed by atoms with Gasteiger partial charge in [-0.05, 0) is 64.2 Å². The molecule has 2 fully saturated rings. The number of esters is 2. The minimum Gasteiger partial charge on any atom is -0.507 e. The van der Waals surface area contributed by atoms with Crippen LogP contribution in [0.4, 0.5) is 0 Å². The van der Waals surface area contributed by atoms with Crippen LogP contribution in [0.25, 0.3) is 0 Å². The van der Waals surface area contributed by atoms with Crippen LogP contribution in [0.2, 0.25) is 0 Å². The minimum atomic E-state index is -0.771. The highest BCUT2D eigenvalue weighted by Gasteiger charge is 2.60. The summed E-state index contributed by atoms with van der Waals surface area (Å²) in [4.78, 5) is 23.9. The number of benzene rings is 2. The quantitative estimate of drug-likeness (QED) is 0.241. The number of carbonyl (C=O) groups excluding carboxylic acids is 2. The molecule has 8 heteroatoms. The SMILES string of the molecule is Cc1c(OC(=O)CCl)ccc([C@]23CCCC[C@H]2C2(CCCCC2)c2ccc(OC(=O)CCl)c(C)c2O3)c1O. The molecule has 0 unspecified atom stereocenters. The first-order chi connectivity index (χ1) is 18.3. The molecule has 2 aromatic carbocycles. The lowest BCUT2D eigenvalue weighted by atomic mass is 9.51. The molecule has 3 aliphatic rings. The molecule has 0 radical (unpaired) electrons. The van der Waals surface area contributed by atoms with Gasteiger partial charge in [-0.2, -0.15) is 0 Å². The van der Waals surface area contributed by atoms with Crippen molar-refractivity contribution in [3.05, 3.63) is 46.5 Å². The summed E-state index contributed by atoms with van der Waals surface area (Å²) in [6.45, 7) is 3.66. The summed E-state index contributed by atoms with van der Waals surface area (Å²) in [5, 5.41) is 11.6. The summed E-state index contributed by atoms with van der Waals surface area (Å²) in [6, 6.07) is 7.51. The molecular formula is C30H34Cl2O6. The van der Waals surface area contributed by atoms with Crippen molar-refractivity contribution in [2.24, 2.45) is 5.92 Å². The topological polar surface area (TPSA) is 82.1 Å². The van der Waals surface area contributed by atoms with Gasteiger partial charge < -0.3 is 19.3 Å². The Hall–Kier alpha value is -2.44. The van der Waals surface area contributed by atoms with Crippen molar-refractivity contribution in [3.8, 4) is 23.0 Å². The number of phenols is 1. The molecule has 0 aromatic heterocycles. The lowest BCUT2D eigenvalue weighted by Gasteiger charge is -2.59. The summed E-state index contributed by atoms with van der Waals surface area (Å²) in [6.07, 6.45) is 9.35. The summed E-state index contributed by atoms with van der Waals surface area (Å²) < 4.78 is 18.0. The third-order valence-electron chi connectivity index (χ3n) is 8.95. The summed E-state index contributed by atoms with van der Waals surface area (Å²) in [5.41, 5.74) is 2.24. The van der Waals surface area contributed by atoms with Gasteiger partial charge in [-0.3, -0.25) is 9.59 Å². The van der Waals surface area contributed by atoms with Gasteiger partial charge in [-0.15, -0.1) is 23.2 Å². The second-order valence-corrected chi connectivity index (χ2v) is 11.4. The number of ether oxygens (including phenoxy) is 3. The second-order valence-electron chi connectivity index (χ2n) is 10.9. The zero-order valence-electron chi connectivity index (χ0n) is 21.9. The molecule has 2 aromatic rings. The van der Waals surface area contributed by atoms with Gasteiger partial charge in [0.25, 0.3) is 0 Å². The van der Waals surface area contributed by atoms with Crippen molar-refractivity contribution in [2.75, 3.05) is 11.8 Å². The van der Waals surface area contributed by atoms with E-state index in [1.807, 2.05) is 19.1 Å². The summed E-state index contributed by atoms with van der Waals surface area (Å²) >= 11 is 11.4. The van der Waals surface area contributed by atoms with Crippen LogP contribution in [0.3, 0.4) is 0 Å². The average Bonchev–Trinajstić information content (AvgIpc) is 2.93.